The second kappa shape index (κ2) is 56.6. The summed E-state index contributed by atoms with van der Waals surface area (Å²) in [7, 11) is 0. The van der Waals surface area contributed by atoms with Crippen molar-refractivity contribution in [3.8, 4) is 17.2 Å². The highest BCUT2D eigenvalue weighted by Crippen LogP contribution is 2.31. The summed E-state index contributed by atoms with van der Waals surface area (Å²) in [4.78, 5) is 11.6. The van der Waals surface area contributed by atoms with Crippen molar-refractivity contribution in [2.75, 3.05) is 49.4 Å². The molecule has 30 heteroatoms. The highest BCUT2D eigenvalue weighted by atomic mass is 32.2. The Labute approximate surface area is 709 Å². The van der Waals surface area contributed by atoms with E-state index in [-0.39, 0.29) is 5.97 Å². The molecule has 9 rings (SSSR count). The molecule has 5 heterocycles. The number of esters is 1. The number of benzene rings is 4. The minimum atomic E-state index is -0.395. The van der Waals surface area contributed by atoms with Crippen LogP contribution in [0.15, 0.2) is 119 Å². The molecule has 0 amide bonds. The molecule has 4 aromatic carbocycles. The fourth-order valence-corrected chi connectivity index (χ4v) is 20.0. The number of H-pyrrole nitrogens is 5. The van der Waals surface area contributed by atoms with Gasteiger partial charge in [0.1, 0.15) is 23.9 Å². The van der Waals surface area contributed by atoms with E-state index in [2.05, 4.69) is 191 Å². The molecule has 5 N–H and O–H groups in total. The van der Waals surface area contributed by atoms with Crippen molar-refractivity contribution in [2.45, 2.75) is 243 Å². The second-order valence-corrected chi connectivity index (χ2v) is 41.2. The molecule has 0 radical (unpaired) electrons. The van der Waals surface area contributed by atoms with E-state index in [1.807, 2.05) is 44.7 Å². The summed E-state index contributed by atoms with van der Waals surface area (Å²) >= 11 is 41.1. The monoisotopic (exact) mass is 1750 g/mol. The molecule has 15 nitrogen and oxygen atoms in total. The smallest absolute Gasteiger partial charge is 0.311 e. The quantitative estimate of drug-likeness (QED) is 0.0104. The predicted molar refractivity (Wildman–Crippen MR) is 481 cm³/mol. The first kappa shape index (κ1) is 95.0. The van der Waals surface area contributed by atoms with Crippen LogP contribution in [0.2, 0.25) is 0 Å². The van der Waals surface area contributed by atoms with Gasteiger partial charge in [0.05, 0.1) is 25.2 Å². The van der Waals surface area contributed by atoms with Crippen LogP contribution in [0.1, 0.15) is 243 Å². The van der Waals surface area contributed by atoms with E-state index in [4.69, 9.17) is 80.0 Å². The van der Waals surface area contributed by atoms with E-state index >= 15 is 0 Å². The van der Waals surface area contributed by atoms with Crippen molar-refractivity contribution >= 4 is 183 Å². The zero-order chi connectivity index (χ0) is 78.2. The summed E-state index contributed by atoms with van der Waals surface area (Å²) in [5, 5.41) is 34.5. The fraction of sp³-hybridized carbons (Fsp3) is 0.551. The van der Waals surface area contributed by atoms with Gasteiger partial charge in [0.2, 0.25) is 0 Å². The second-order valence-electron chi connectivity index (χ2n) is 26.3. The van der Waals surface area contributed by atoms with Gasteiger partial charge < -0.3 is 18.9 Å². The number of hydrogen-bond donors (Lipinski definition) is 5. The zero-order valence-electron chi connectivity index (χ0n) is 64.5. The average molecular weight is 1750 g/mol. The summed E-state index contributed by atoms with van der Waals surface area (Å²) in [5.74, 6) is 10.0. The van der Waals surface area contributed by atoms with Crippen molar-refractivity contribution in [2.24, 2.45) is 5.41 Å². The Morgan fingerprint density at radius 2 is 0.639 bits per heavy atom. The van der Waals surface area contributed by atoms with E-state index in [0.29, 0.717) is 50.5 Å². The molecule has 108 heavy (non-hydrogen) atoms. The van der Waals surface area contributed by atoms with Gasteiger partial charge in [-0.2, -0.15) is 25.5 Å². The average Bonchev–Trinajstić information content (AvgIpc) is 1.61. The van der Waals surface area contributed by atoms with E-state index in [1.165, 1.54) is 163 Å². The van der Waals surface area contributed by atoms with E-state index < -0.39 is 5.41 Å². The molecule has 0 spiro atoms. The minimum absolute atomic E-state index is 0.143. The first-order valence-electron chi connectivity index (χ1n) is 37.6. The van der Waals surface area contributed by atoms with Gasteiger partial charge in [0.25, 0.3) is 0 Å². The molecule has 4 unspecified atom stereocenters. The van der Waals surface area contributed by atoms with Crippen LogP contribution in [0.25, 0.3) is 0 Å². The van der Waals surface area contributed by atoms with Crippen LogP contribution in [0, 0.1) is 25.2 Å². The summed E-state index contributed by atoms with van der Waals surface area (Å²) in [6, 6.07) is 34.5. The van der Waals surface area contributed by atoms with Gasteiger partial charge in [-0.1, -0.05) is 296 Å². The number of thioether (sulfide) groups is 5. The van der Waals surface area contributed by atoms with E-state index in [1.54, 1.807) is 58.0 Å². The first-order chi connectivity index (χ1) is 52.2. The summed E-state index contributed by atoms with van der Waals surface area (Å²) in [6.45, 7) is 26.4. The predicted octanol–water partition coefficient (Wildman–Crippen LogP) is 28.0. The number of nitrogens with one attached hydrogen (secondary N) is 5. The normalized spacial score (nSPS) is 12.2. The number of rotatable bonds is 45. The summed E-state index contributed by atoms with van der Waals surface area (Å²) < 4.78 is 31.2. The highest BCUT2D eigenvalue weighted by molar-refractivity contribution is 8.02. The number of carbonyl (C=O) groups excluding carboxylic acids is 1. The number of hydrogen-bond acceptors (Lipinski definition) is 25. The number of unbranched alkanes of at least 4 members (excludes halogenated alkanes) is 11. The van der Waals surface area contributed by atoms with Crippen LogP contribution in [-0.2, 0) is 15.3 Å². The molecule has 5 aromatic heterocycles. The molecule has 9 aromatic rings. The Morgan fingerprint density at radius 3 is 0.935 bits per heavy atom. The van der Waals surface area contributed by atoms with Gasteiger partial charge in [-0.25, -0.2) is 0 Å². The molecule has 4 atom stereocenters. The lowest BCUT2D eigenvalue weighted by Gasteiger charge is -2.19. The Bertz CT molecular complexity index is 4110. The summed E-state index contributed by atoms with van der Waals surface area (Å²) in [6.07, 6.45) is 22.0. The Balaban J connectivity index is 0.000000245. The number of ether oxygens (including phenoxy) is 4. The third-order valence-electron chi connectivity index (χ3n) is 17.7. The Kier molecular flexibility index (Phi) is 49.8. The lowest BCUT2D eigenvalue weighted by Crippen LogP contribution is -2.26. The van der Waals surface area contributed by atoms with Gasteiger partial charge >= 0.3 is 5.97 Å². The van der Waals surface area contributed by atoms with Gasteiger partial charge in [-0.05, 0) is 221 Å². The van der Waals surface area contributed by atoms with Crippen molar-refractivity contribution in [1.29, 1.82) is 0 Å². The maximum Gasteiger partial charge on any atom is 0.311 e. The molecule has 0 saturated carbocycles. The summed E-state index contributed by atoms with van der Waals surface area (Å²) in [5.41, 5.74) is 6.51. The van der Waals surface area contributed by atoms with Crippen LogP contribution in [-0.4, -0.2) is 106 Å². The van der Waals surface area contributed by atoms with Crippen LogP contribution >= 0.6 is 177 Å². The third kappa shape index (κ3) is 40.9. The number of aromatic amines is 5. The lowest BCUT2D eigenvalue weighted by molar-refractivity contribution is -0.153. The number of aromatic nitrogens is 10. The third-order valence-corrected chi connectivity index (χ3v) is 29.0. The minimum Gasteiger partial charge on any atom is -0.494 e. The van der Waals surface area contributed by atoms with E-state index in [9.17, 15) is 4.79 Å². The van der Waals surface area contributed by atoms with Crippen LogP contribution < -0.4 is 14.2 Å². The van der Waals surface area contributed by atoms with Crippen molar-refractivity contribution in [3.63, 3.8) is 0 Å². The number of carbonyl (C=O) groups is 1. The Hall–Kier alpha value is -3.60. The molecular formula is C78H112N10O5S15. The van der Waals surface area contributed by atoms with Gasteiger partial charge in [-0.3, -0.25) is 30.3 Å². The van der Waals surface area contributed by atoms with Crippen LogP contribution in [0.3, 0.4) is 0 Å². The molecule has 0 fully saturated rings. The van der Waals surface area contributed by atoms with Gasteiger partial charge in [0, 0.05) is 28.8 Å². The lowest BCUT2D eigenvalue weighted by atomic mass is 9.91. The largest absolute Gasteiger partial charge is 0.494 e. The molecule has 594 valence electrons. The Morgan fingerprint density at radius 1 is 0.370 bits per heavy atom. The molecule has 0 bridgehead atoms. The fourth-order valence-electron chi connectivity index (χ4n) is 9.69. The first-order valence-corrected chi connectivity index (χ1v) is 48.6. The van der Waals surface area contributed by atoms with Gasteiger partial charge in [-0.15, -0.1) is 0 Å². The topological polar surface area (TPSA) is 197 Å². The standard InChI is InChI=1S/C23H36N2OS3.C18H26N2OS3.C14H18N2OS3.C13H16N2S3.C10H16N2O2S3/c1-3-19(2)20-13-15-21(16-14-20)26-17-11-9-7-5-4-6-8-10-12-18-28-23-25-24-22(27)29-23;1-3-14(2)15-8-10-16(11-9-15)21-12-6-4-5-7-13-23-18-20-19-17(22)24-18;1-3-10(2)11-4-6-12(7-5-11)17-8-9-19-14-16-15-13(18)20-14;1-3-9(2)11-6-4-10(5-7-11)8-17-13-15-14-12(16)18-13;1-4-10(2,3)7(13)14-5-6-16-9-12-11-8(15)17-9/h13-16,19H,3-12,17-18H2,1-2H3,(H,24,27);8-11,14H,3-7,12-13H2,1-2H3,(H,19,22);4-7,10H,3,8-9H2,1-2H3,(H,15,18);4-7,9H,3,8H2,1-2H3,(H,14,16);4-6H2,1-3H3,(H,11,15). The maximum atomic E-state index is 11.6. The van der Waals surface area contributed by atoms with Crippen LogP contribution in [0.4, 0.5) is 0 Å². The zero-order valence-corrected chi connectivity index (χ0v) is 76.8. The molecule has 0 aliphatic heterocycles. The van der Waals surface area contributed by atoms with Crippen molar-refractivity contribution < 1.29 is 23.7 Å². The molecule has 0 aliphatic carbocycles. The van der Waals surface area contributed by atoms with Crippen molar-refractivity contribution in [1.82, 2.24) is 51.0 Å². The molecule has 0 aliphatic rings. The van der Waals surface area contributed by atoms with Crippen molar-refractivity contribution in [3.05, 3.63) is 145 Å². The van der Waals surface area contributed by atoms with Gasteiger partial charge in [0.15, 0.2) is 41.5 Å². The molecular weight excluding hydrogens is 1640 g/mol. The van der Waals surface area contributed by atoms with E-state index in [0.717, 1.165) is 113 Å². The van der Waals surface area contributed by atoms with Crippen LogP contribution in [0.5, 0.6) is 17.2 Å². The SMILES string of the molecule is CCC(C)(C)C(=O)OCCSc1n[nH]c(=S)s1.CCC(C)c1ccc(CSc2n[nH]c(=S)s2)cc1.CCC(C)c1ccc(OCCCCCCCCCCCSc2n[nH]c(=S)s2)cc1.CCC(C)c1ccc(OCCCCCCSc2n[nH]c(=S)s2)cc1.CCC(C)c1ccc(OCCSc2n[nH]c(=S)s2)cc1. The molecule has 0 saturated heterocycles. The maximum absolute atomic E-state index is 11.6. The highest BCUT2D eigenvalue weighted by Gasteiger charge is 2.27. The number of nitrogens with zero attached hydrogens (tertiary/aromatic N) is 5.